The van der Waals surface area contributed by atoms with E-state index in [1.54, 1.807) is 23.1 Å². The highest BCUT2D eigenvalue weighted by atomic mass is 35.5. The highest BCUT2D eigenvalue weighted by Gasteiger charge is 2.15. The van der Waals surface area contributed by atoms with Gasteiger partial charge in [-0.15, -0.1) is 0 Å². The molecule has 0 aliphatic rings. The van der Waals surface area contributed by atoms with E-state index in [1.807, 2.05) is 26.8 Å². The molecule has 23 heavy (non-hydrogen) atoms. The van der Waals surface area contributed by atoms with Crippen molar-refractivity contribution in [1.29, 1.82) is 0 Å². The summed E-state index contributed by atoms with van der Waals surface area (Å²) >= 11 is 6.04. The summed E-state index contributed by atoms with van der Waals surface area (Å²) in [5.41, 5.74) is 1.11. The van der Waals surface area contributed by atoms with Gasteiger partial charge in [-0.05, 0) is 39.0 Å². The van der Waals surface area contributed by atoms with Crippen LogP contribution >= 0.6 is 11.6 Å². The molecule has 0 aliphatic heterocycles. The standard InChI is InChI=1S/C15H20ClN5O2/c1-15(2,3)23-14(22)19-7-6-18-12-8-11(16)4-5-13(12)21-10-17-9-20-21/h4-5,8-10,18H,6-7H2,1-3H3,(H,19,22). The molecule has 2 N–H and O–H groups in total. The first-order valence-corrected chi connectivity index (χ1v) is 7.58. The Balaban J connectivity index is 1.91. The third-order valence-electron chi connectivity index (χ3n) is 2.73. The molecule has 1 heterocycles. The molecule has 1 amide bonds. The van der Waals surface area contributed by atoms with Gasteiger partial charge in [-0.1, -0.05) is 11.6 Å². The van der Waals surface area contributed by atoms with Crippen molar-refractivity contribution < 1.29 is 9.53 Å². The fourth-order valence-electron chi connectivity index (χ4n) is 1.86. The largest absolute Gasteiger partial charge is 0.444 e. The molecule has 0 radical (unpaired) electrons. The summed E-state index contributed by atoms with van der Waals surface area (Å²) in [7, 11) is 0. The van der Waals surface area contributed by atoms with Crippen LogP contribution < -0.4 is 10.6 Å². The molecule has 7 nitrogen and oxygen atoms in total. The van der Waals surface area contributed by atoms with Crippen LogP contribution in [0.1, 0.15) is 20.8 Å². The van der Waals surface area contributed by atoms with E-state index in [0.717, 1.165) is 11.4 Å². The highest BCUT2D eigenvalue weighted by Crippen LogP contribution is 2.23. The number of carbonyl (C=O) groups is 1. The van der Waals surface area contributed by atoms with Gasteiger partial charge in [0.2, 0.25) is 0 Å². The van der Waals surface area contributed by atoms with Crippen LogP contribution in [0.25, 0.3) is 5.69 Å². The lowest BCUT2D eigenvalue weighted by Gasteiger charge is -2.20. The topological polar surface area (TPSA) is 81.1 Å². The lowest BCUT2D eigenvalue weighted by molar-refractivity contribution is 0.0530. The summed E-state index contributed by atoms with van der Waals surface area (Å²) in [6.45, 7) is 6.39. The Bertz CT molecular complexity index is 652. The number of halogens is 1. The minimum Gasteiger partial charge on any atom is -0.444 e. The summed E-state index contributed by atoms with van der Waals surface area (Å²) in [6, 6.07) is 5.43. The molecule has 0 unspecified atom stereocenters. The van der Waals surface area contributed by atoms with Crippen molar-refractivity contribution in [2.75, 3.05) is 18.4 Å². The van der Waals surface area contributed by atoms with Gasteiger partial charge in [0.1, 0.15) is 18.3 Å². The maximum absolute atomic E-state index is 11.6. The van der Waals surface area contributed by atoms with Crippen molar-refractivity contribution in [2.24, 2.45) is 0 Å². The number of ether oxygens (including phenoxy) is 1. The van der Waals surface area contributed by atoms with Gasteiger partial charge in [-0.3, -0.25) is 0 Å². The van der Waals surface area contributed by atoms with Crippen molar-refractivity contribution in [2.45, 2.75) is 26.4 Å². The van der Waals surface area contributed by atoms with E-state index in [4.69, 9.17) is 16.3 Å². The lowest BCUT2D eigenvalue weighted by Crippen LogP contribution is -2.35. The van der Waals surface area contributed by atoms with E-state index < -0.39 is 11.7 Å². The molecule has 2 aromatic rings. The average molecular weight is 338 g/mol. The van der Waals surface area contributed by atoms with E-state index in [0.29, 0.717) is 18.1 Å². The second-order valence-corrected chi connectivity index (χ2v) is 6.29. The van der Waals surface area contributed by atoms with Gasteiger partial charge in [-0.2, -0.15) is 5.10 Å². The van der Waals surface area contributed by atoms with Crippen LogP contribution in [0.5, 0.6) is 0 Å². The Kier molecular flexibility index (Phi) is 5.44. The molecule has 1 aromatic carbocycles. The average Bonchev–Trinajstić information content (AvgIpc) is 2.96. The molecular weight excluding hydrogens is 318 g/mol. The van der Waals surface area contributed by atoms with E-state index in [2.05, 4.69) is 20.7 Å². The maximum Gasteiger partial charge on any atom is 0.407 e. The van der Waals surface area contributed by atoms with Crippen molar-refractivity contribution in [1.82, 2.24) is 20.1 Å². The predicted molar refractivity (Wildman–Crippen MR) is 89.1 cm³/mol. The first-order chi connectivity index (χ1) is 10.8. The zero-order valence-electron chi connectivity index (χ0n) is 13.3. The highest BCUT2D eigenvalue weighted by molar-refractivity contribution is 6.31. The van der Waals surface area contributed by atoms with E-state index >= 15 is 0 Å². The molecule has 1 aromatic heterocycles. The summed E-state index contributed by atoms with van der Waals surface area (Å²) in [4.78, 5) is 15.5. The number of alkyl carbamates (subject to hydrolysis) is 1. The Morgan fingerprint density at radius 1 is 1.35 bits per heavy atom. The molecule has 0 spiro atoms. The van der Waals surface area contributed by atoms with Crippen molar-refractivity contribution >= 4 is 23.4 Å². The van der Waals surface area contributed by atoms with E-state index in [-0.39, 0.29) is 0 Å². The van der Waals surface area contributed by atoms with Crippen LogP contribution in [0.2, 0.25) is 5.02 Å². The van der Waals surface area contributed by atoms with Gasteiger partial charge < -0.3 is 15.4 Å². The smallest absolute Gasteiger partial charge is 0.407 e. The minimum absolute atomic E-state index is 0.415. The van der Waals surface area contributed by atoms with E-state index in [9.17, 15) is 4.79 Å². The molecule has 0 saturated carbocycles. The van der Waals surface area contributed by atoms with Crippen LogP contribution in [0, 0.1) is 0 Å². The number of aromatic nitrogens is 3. The summed E-state index contributed by atoms with van der Waals surface area (Å²) < 4.78 is 6.81. The molecule has 0 saturated heterocycles. The van der Waals surface area contributed by atoms with Crippen LogP contribution in [-0.4, -0.2) is 39.5 Å². The van der Waals surface area contributed by atoms with Crippen LogP contribution in [-0.2, 0) is 4.74 Å². The number of rotatable bonds is 5. The lowest BCUT2D eigenvalue weighted by atomic mass is 10.2. The molecule has 0 aliphatic carbocycles. The zero-order valence-corrected chi connectivity index (χ0v) is 14.1. The monoisotopic (exact) mass is 337 g/mol. The van der Waals surface area contributed by atoms with Crippen LogP contribution in [0.3, 0.4) is 0 Å². The Hall–Kier alpha value is -2.28. The summed E-state index contributed by atoms with van der Waals surface area (Å²) in [6.07, 6.45) is 2.62. The third-order valence-corrected chi connectivity index (χ3v) is 2.97. The van der Waals surface area contributed by atoms with Gasteiger partial charge in [0.15, 0.2) is 0 Å². The first-order valence-electron chi connectivity index (χ1n) is 7.20. The normalized spacial score (nSPS) is 11.1. The minimum atomic E-state index is -0.509. The maximum atomic E-state index is 11.6. The first kappa shape index (κ1) is 17.1. The van der Waals surface area contributed by atoms with Crippen molar-refractivity contribution in [3.8, 4) is 5.69 Å². The zero-order chi connectivity index (χ0) is 16.9. The molecule has 8 heteroatoms. The fraction of sp³-hybridized carbons (Fsp3) is 0.400. The third kappa shape index (κ3) is 5.45. The SMILES string of the molecule is CC(C)(C)OC(=O)NCCNc1cc(Cl)ccc1-n1cncn1. The second kappa shape index (κ2) is 7.32. The molecular formula is C15H20ClN5O2. The number of hydrogen-bond acceptors (Lipinski definition) is 5. The molecule has 0 bridgehead atoms. The Labute approximate surface area is 140 Å². The number of carbonyl (C=O) groups excluding carboxylic acids is 1. The number of amides is 1. The van der Waals surface area contributed by atoms with Crippen LogP contribution in [0.15, 0.2) is 30.9 Å². The molecule has 124 valence electrons. The van der Waals surface area contributed by atoms with Crippen molar-refractivity contribution in [3.63, 3.8) is 0 Å². The fourth-order valence-corrected chi connectivity index (χ4v) is 2.03. The van der Waals surface area contributed by atoms with Gasteiger partial charge in [-0.25, -0.2) is 14.5 Å². The number of hydrogen-bond donors (Lipinski definition) is 2. The summed E-state index contributed by atoms with van der Waals surface area (Å²) in [5, 5.41) is 10.6. The Morgan fingerprint density at radius 3 is 2.78 bits per heavy atom. The van der Waals surface area contributed by atoms with Gasteiger partial charge in [0.25, 0.3) is 0 Å². The summed E-state index contributed by atoms with van der Waals surface area (Å²) in [5.74, 6) is 0. The predicted octanol–water partition coefficient (Wildman–Crippen LogP) is 2.86. The van der Waals surface area contributed by atoms with Crippen LogP contribution in [0.4, 0.5) is 10.5 Å². The molecule has 2 rings (SSSR count). The van der Waals surface area contributed by atoms with Crippen molar-refractivity contribution in [3.05, 3.63) is 35.9 Å². The van der Waals surface area contributed by atoms with Gasteiger partial charge in [0, 0.05) is 18.1 Å². The quantitative estimate of drug-likeness (QED) is 0.820. The number of nitrogens with one attached hydrogen (secondary N) is 2. The van der Waals surface area contributed by atoms with Gasteiger partial charge in [0.05, 0.1) is 11.4 Å². The second-order valence-electron chi connectivity index (χ2n) is 5.86. The number of benzene rings is 1. The number of anilines is 1. The molecule has 0 atom stereocenters. The number of nitrogens with zero attached hydrogens (tertiary/aromatic N) is 3. The van der Waals surface area contributed by atoms with E-state index in [1.165, 1.54) is 6.33 Å². The Morgan fingerprint density at radius 2 is 2.13 bits per heavy atom. The molecule has 0 fully saturated rings. The van der Waals surface area contributed by atoms with Gasteiger partial charge >= 0.3 is 6.09 Å².